The van der Waals surface area contributed by atoms with Crippen LogP contribution in [-0.2, 0) is 0 Å². The van der Waals surface area contributed by atoms with Gasteiger partial charge >= 0.3 is 0 Å². The van der Waals surface area contributed by atoms with Crippen LogP contribution in [0.2, 0.25) is 0 Å². The number of nitrogens with one attached hydrogen (secondary N) is 1. The Kier molecular flexibility index (Phi) is 4.78. The minimum atomic E-state index is 0.730. The second kappa shape index (κ2) is 6.55. The molecule has 3 atom stereocenters. The Morgan fingerprint density at radius 1 is 0.789 bits per heavy atom. The molecule has 19 heavy (non-hydrogen) atoms. The van der Waals surface area contributed by atoms with Gasteiger partial charge in [0.1, 0.15) is 0 Å². The van der Waals surface area contributed by atoms with Crippen LogP contribution < -0.4 is 5.32 Å². The van der Waals surface area contributed by atoms with E-state index in [1.165, 1.54) is 77.5 Å². The number of hydrogen-bond acceptors (Lipinski definition) is 3. The van der Waals surface area contributed by atoms with Gasteiger partial charge in [-0.2, -0.15) is 0 Å². The third-order valence-electron chi connectivity index (χ3n) is 5.69. The maximum atomic E-state index is 3.62. The van der Waals surface area contributed by atoms with E-state index < -0.39 is 0 Å². The van der Waals surface area contributed by atoms with E-state index in [4.69, 9.17) is 0 Å². The van der Waals surface area contributed by atoms with E-state index in [1.54, 1.807) is 0 Å². The number of fused-ring (bicyclic) bond motifs is 1. The average Bonchev–Trinajstić information content (AvgIpc) is 2.86. The highest BCUT2D eigenvalue weighted by molar-refractivity contribution is 4.93. The fourth-order valence-corrected chi connectivity index (χ4v) is 4.56. The molecule has 3 heteroatoms. The zero-order chi connectivity index (χ0) is 13.1. The van der Waals surface area contributed by atoms with E-state index in [0.717, 1.165) is 18.1 Å². The predicted octanol–water partition coefficient (Wildman–Crippen LogP) is 2.08. The SMILES string of the molecule is CNC1CCCCCCC1N1CCN2CCCC2C1. The van der Waals surface area contributed by atoms with E-state index in [-0.39, 0.29) is 0 Å². The smallest absolute Gasteiger partial charge is 0.0250 e. The third kappa shape index (κ3) is 3.14. The topological polar surface area (TPSA) is 18.5 Å². The minimum Gasteiger partial charge on any atom is -0.315 e. The van der Waals surface area contributed by atoms with Gasteiger partial charge in [-0.05, 0) is 39.3 Å². The van der Waals surface area contributed by atoms with Crippen molar-refractivity contribution in [2.45, 2.75) is 69.5 Å². The van der Waals surface area contributed by atoms with Gasteiger partial charge in [0, 0.05) is 37.8 Å². The first-order valence-corrected chi connectivity index (χ1v) is 8.54. The fourth-order valence-electron chi connectivity index (χ4n) is 4.56. The molecule has 1 N–H and O–H groups in total. The molecular weight excluding hydrogens is 234 g/mol. The Hall–Kier alpha value is -0.120. The van der Waals surface area contributed by atoms with Crippen LogP contribution in [0.4, 0.5) is 0 Å². The molecule has 2 heterocycles. The van der Waals surface area contributed by atoms with Crippen molar-refractivity contribution in [2.24, 2.45) is 0 Å². The Morgan fingerprint density at radius 2 is 1.58 bits per heavy atom. The van der Waals surface area contributed by atoms with Gasteiger partial charge in [0.15, 0.2) is 0 Å². The monoisotopic (exact) mass is 265 g/mol. The summed E-state index contributed by atoms with van der Waals surface area (Å²) in [5.74, 6) is 0. The quantitative estimate of drug-likeness (QED) is 0.825. The van der Waals surface area contributed by atoms with Crippen molar-refractivity contribution in [3.8, 4) is 0 Å². The maximum absolute atomic E-state index is 3.62. The molecule has 0 aromatic carbocycles. The van der Waals surface area contributed by atoms with Crippen LogP contribution in [-0.4, -0.2) is 61.2 Å². The molecule has 0 bridgehead atoms. The molecule has 0 radical (unpaired) electrons. The molecule has 110 valence electrons. The van der Waals surface area contributed by atoms with Gasteiger partial charge in [-0.3, -0.25) is 9.80 Å². The lowest BCUT2D eigenvalue weighted by Crippen LogP contribution is -2.58. The van der Waals surface area contributed by atoms with Crippen molar-refractivity contribution < 1.29 is 0 Å². The van der Waals surface area contributed by atoms with E-state index in [2.05, 4.69) is 22.2 Å². The van der Waals surface area contributed by atoms with Crippen LogP contribution in [0.5, 0.6) is 0 Å². The van der Waals surface area contributed by atoms with Gasteiger partial charge in [-0.1, -0.05) is 25.7 Å². The molecule has 3 aliphatic rings. The number of piperazine rings is 1. The molecule has 0 aromatic rings. The molecule has 2 aliphatic heterocycles. The lowest BCUT2D eigenvalue weighted by atomic mass is 9.90. The summed E-state index contributed by atoms with van der Waals surface area (Å²) in [6.45, 7) is 5.32. The van der Waals surface area contributed by atoms with Gasteiger partial charge in [0.2, 0.25) is 0 Å². The lowest BCUT2D eigenvalue weighted by Gasteiger charge is -2.45. The largest absolute Gasteiger partial charge is 0.315 e. The lowest BCUT2D eigenvalue weighted by molar-refractivity contribution is 0.0492. The Bertz CT molecular complexity index is 281. The van der Waals surface area contributed by atoms with Crippen LogP contribution in [0.3, 0.4) is 0 Å². The summed E-state index contributed by atoms with van der Waals surface area (Å²) in [7, 11) is 2.17. The van der Waals surface area contributed by atoms with Gasteiger partial charge < -0.3 is 5.32 Å². The van der Waals surface area contributed by atoms with Crippen LogP contribution in [0.1, 0.15) is 51.4 Å². The number of hydrogen-bond donors (Lipinski definition) is 1. The zero-order valence-electron chi connectivity index (χ0n) is 12.6. The van der Waals surface area contributed by atoms with Crippen LogP contribution in [0, 0.1) is 0 Å². The number of rotatable bonds is 2. The van der Waals surface area contributed by atoms with Crippen LogP contribution in [0.25, 0.3) is 0 Å². The number of likely N-dealkylation sites (N-methyl/N-ethyl adjacent to an activating group) is 1. The third-order valence-corrected chi connectivity index (χ3v) is 5.69. The second-order valence-corrected chi connectivity index (χ2v) is 6.78. The first-order valence-electron chi connectivity index (χ1n) is 8.54. The highest BCUT2D eigenvalue weighted by Crippen LogP contribution is 2.27. The van der Waals surface area contributed by atoms with Crippen LogP contribution in [0.15, 0.2) is 0 Å². The average molecular weight is 265 g/mol. The molecule has 3 unspecified atom stereocenters. The van der Waals surface area contributed by atoms with Crippen molar-refractivity contribution in [1.82, 2.24) is 15.1 Å². The molecule has 0 amide bonds. The van der Waals surface area contributed by atoms with Crippen molar-refractivity contribution in [2.75, 3.05) is 33.2 Å². The highest BCUT2D eigenvalue weighted by atomic mass is 15.3. The van der Waals surface area contributed by atoms with E-state index >= 15 is 0 Å². The fraction of sp³-hybridized carbons (Fsp3) is 1.00. The summed E-state index contributed by atoms with van der Waals surface area (Å²) in [5.41, 5.74) is 0. The van der Waals surface area contributed by atoms with Crippen molar-refractivity contribution >= 4 is 0 Å². The van der Waals surface area contributed by atoms with Gasteiger partial charge in [-0.15, -0.1) is 0 Å². The summed E-state index contributed by atoms with van der Waals surface area (Å²) in [4.78, 5) is 5.56. The molecule has 2 saturated heterocycles. The highest BCUT2D eigenvalue weighted by Gasteiger charge is 2.35. The minimum absolute atomic E-state index is 0.730. The second-order valence-electron chi connectivity index (χ2n) is 6.78. The first-order chi connectivity index (χ1) is 9.38. The molecule has 0 aromatic heterocycles. The van der Waals surface area contributed by atoms with Gasteiger partial charge in [0.25, 0.3) is 0 Å². The standard InChI is InChI=1S/C16H31N3/c1-17-15-8-4-2-3-5-9-16(15)19-12-11-18-10-6-7-14(18)13-19/h14-17H,2-13H2,1H3. The van der Waals surface area contributed by atoms with E-state index in [0.29, 0.717) is 0 Å². The molecular formula is C16H31N3. The predicted molar refractivity (Wildman–Crippen MR) is 80.5 cm³/mol. The van der Waals surface area contributed by atoms with Crippen molar-refractivity contribution in [3.05, 3.63) is 0 Å². The molecule has 3 fully saturated rings. The first kappa shape index (κ1) is 13.8. The van der Waals surface area contributed by atoms with Gasteiger partial charge in [0.05, 0.1) is 0 Å². The Morgan fingerprint density at radius 3 is 2.42 bits per heavy atom. The van der Waals surface area contributed by atoms with E-state index in [1.807, 2.05) is 0 Å². The summed E-state index contributed by atoms with van der Waals surface area (Å²) in [6, 6.07) is 2.40. The van der Waals surface area contributed by atoms with Crippen LogP contribution >= 0.6 is 0 Å². The Balaban J connectivity index is 1.64. The van der Waals surface area contributed by atoms with E-state index in [9.17, 15) is 0 Å². The summed E-state index contributed by atoms with van der Waals surface area (Å²) < 4.78 is 0. The Labute approximate surface area is 118 Å². The molecule has 0 spiro atoms. The molecule has 1 aliphatic carbocycles. The summed E-state index contributed by atoms with van der Waals surface area (Å²) >= 11 is 0. The summed E-state index contributed by atoms with van der Waals surface area (Å²) in [6.07, 6.45) is 11.4. The normalized spacial score (nSPS) is 38.7. The number of nitrogens with zero attached hydrogens (tertiary/aromatic N) is 2. The van der Waals surface area contributed by atoms with Crippen molar-refractivity contribution in [3.63, 3.8) is 0 Å². The summed E-state index contributed by atoms with van der Waals surface area (Å²) in [5, 5.41) is 3.62. The molecule has 3 nitrogen and oxygen atoms in total. The van der Waals surface area contributed by atoms with Crippen molar-refractivity contribution in [1.29, 1.82) is 0 Å². The molecule has 3 rings (SSSR count). The van der Waals surface area contributed by atoms with Gasteiger partial charge in [-0.25, -0.2) is 0 Å². The zero-order valence-corrected chi connectivity index (χ0v) is 12.6. The maximum Gasteiger partial charge on any atom is 0.0250 e. The molecule has 1 saturated carbocycles.